The molecule has 1 amide bonds. The Morgan fingerprint density at radius 1 is 1.32 bits per heavy atom. The first-order valence-electron chi connectivity index (χ1n) is 8.48. The molecule has 0 aromatic heterocycles. The van der Waals surface area contributed by atoms with Gasteiger partial charge in [0.2, 0.25) is 5.91 Å². The van der Waals surface area contributed by atoms with E-state index in [9.17, 15) is 4.79 Å². The number of hydrogen-bond donors (Lipinski definition) is 0. The molecule has 2 aliphatic rings. The van der Waals surface area contributed by atoms with Crippen LogP contribution >= 0.6 is 0 Å². The molecule has 22 heavy (non-hydrogen) atoms. The maximum Gasteiger partial charge on any atom is 0.244 e. The van der Waals surface area contributed by atoms with E-state index in [4.69, 9.17) is 4.74 Å². The Kier molecular flexibility index (Phi) is 4.67. The molecule has 0 radical (unpaired) electrons. The van der Waals surface area contributed by atoms with Gasteiger partial charge in [0.05, 0.1) is 18.3 Å². The second-order valence-electron chi connectivity index (χ2n) is 6.47. The van der Waals surface area contributed by atoms with Crippen molar-refractivity contribution in [3.63, 3.8) is 0 Å². The maximum absolute atomic E-state index is 13.0. The minimum Gasteiger partial charge on any atom is -0.491 e. The smallest absolute Gasteiger partial charge is 0.244 e. The van der Waals surface area contributed by atoms with Crippen LogP contribution in [0, 0.1) is 5.92 Å². The van der Waals surface area contributed by atoms with Crippen LogP contribution in [0.15, 0.2) is 24.3 Å². The van der Waals surface area contributed by atoms with Gasteiger partial charge >= 0.3 is 0 Å². The Labute approximate surface area is 133 Å². The fourth-order valence-electron chi connectivity index (χ4n) is 3.38. The quantitative estimate of drug-likeness (QED) is 0.860. The largest absolute Gasteiger partial charge is 0.491 e. The summed E-state index contributed by atoms with van der Waals surface area (Å²) in [5.74, 6) is 1.72. The Balaban J connectivity index is 1.87. The first-order valence-corrected chi connectivity index (χ1v) is 8.48. The average molecular weight is 302 g/mol. The summed E-state index contributed by atoms with van der Waals surface area (Å²) in [7, 11) is 0. The number of ether oxygens (including phenoxy) is 1. The minimum absolute atomic E-state index is 0.0116. The molecular formula is C18H26N2O2. The van der Waals surface area contributed by atoms with E-state index in [1.807, 2.05) is 29.2 Å². The third kappa shape index (κ3) is 2.98. The molecule has 2 aliphatic heterocycles. The van der Waals surface area contributed by atoms with Gasteiger partial charge in [0.25, 0.3) is 0 Å². The maximum atomic E-state index is 13.0. The summed E-state index contributed by atoms with van der Waals surface area (Å²) in [4.78, 5) is 17.3. The predicted octanol–water partition coefficient (Wildman–Crippen LogP) is 2.92. The van der Waals surface area contributed by atoms with Gasteiger partial charge in [-0.2, -0.15) is 0 Å². The van der Waals surface area contributed by atoms with E-state index in [0.29, 0.717) is 12.5 Å². The lowest BCUT2D eigenvalue weighted by Crippen LogP contribution is -2.57. The third-order valence-corrected chi connectivity index (χ3v) is 4.88. The monoisotopic (exact) mass is 302 g/mol. The highest BCUT2D eigenvalue weighted by Gasteiger charge is 2.36. The molecule has 1 aromatic carbocycles. The van der Waals surface area contributed by atoms with Crippen LogP contribution in [-0.2, 0) is 4.79 Å². The number of amides is 1. The molecule has 2 atom stereocenters. The van der Waals surface area contributed by atoms with E-state index in [2.05, 4.69) is 18.7 Å². The standard InChI is InChI=1S/C18H26N2O2/c1-3-14(2)13-19-10-11-20-15-7-4-5-9-17(15)22-12-6-8-16(19)18(20)21/h4-5,7,9,14,16H,3,6,8,10-13H2,1-2H3. The van der Waals surface area contributed by atoms with Gasteiger partial charge in [0.1, 0.15) is 5.75 Å². The first kappa shape index (κ1) is 15.3. The van der Waals surface area contributed by atoms with E-state index in [0.717, 1.165) is 50.3 Å². The zero-order valence-corrected chi connectivity index (χ0v) is 13.6. The molecule has 4 heteroatoms. The normalized spacial score (nSPS) is 23.8. The molecule has 3 rings (SSSR count). The summed E-state index contributed by atoms with van der Waals surface area (Å²) in [6.45, 7) is 7.90. The molecule has 120 valence electrons. The van der Waals surface area contributed by atoms with Gasteiger partial charge in [-0.05, 0) is 30.9 Å². The number of hydrogen-bond acceptors (Lipinski definition) is 3. The molecule has 2 bridgehead atoms. The van der Waals surface area contributed by atoms with E-state index >= 15 is 0 Å². The van der Waals surface area contributed by atoms with Gasteiger partial charge in [-0.25, -0.2) is 0 Å². The van der Waals surface area contributed by atoms with Crippen LogP contribution in [0.4, 0.5) is 5.69 Å². The van der Waals surface area contributed by atoms with E-state index in [1.165, 1.54) is 0 Å². The van der Waals surface area contributed by atoms with Crippen LogP contribution in [-0.4, -0.2) is 43.1 Å². The molecular weight excluding hydrogens is 276 g/mol. The van der Waals surface area contributed by atoms with Crippen LogP contribution < -0.4 is 9.64 Å². The van der Waals surface area contributed by atoms with Crippen molar-refractivity contribution in [2.24, 2.45) is 5.92 Å². The Morgan fingerprint density at radius 3 is 2.95 bits per heavy atom. The van der Waals surface area contributed by atoms with Crippen molar-refractivity contribution in [1.82, 2.24) is 4.90 Å². The zero-order chi connectivity index (χ0) is 15.5. The molecule has 1 fully saturated rings. The van der Waals surface area contributed by atoms with Crippen molar-refractivity contribution in [2.45, 2.75) is 39.2 Å². The van der Waals surface area contributed by atoms with Crippen molar-refractivity contribution in [1.29, 1.82) is 0 Å². The number of para-hydroxylation sites is 2. The summed E-state index contributed by atoms with van der Waals surface area (Å²) in [5.41, 5.74) is 0.933. The lowest BCUT2D eigenvalue weighted by atomic mass is 10.0. The fourth-order valence-corrected chi connectivity index (χ4v) is 3.38. The summed E-state index contributed by atoms with van der Waals surface area (Å²) in [5, 5.41) is 0. The van der Waals surface area contributed by atoms with Gasteiger partial charge < -0.3 is 9.64 Å². The van der Waals surface area contributed by atoms with Crippen LogP contribution in [0.2, 0.25) is 0 Å². The van der Waals surface area contributed by atoms with Crippen molar-refractivity contribution in [2.75, 3.05) is 31.1 Å². The van der Waals surface area contributed by atoms with Crippen LogP contribution in [0.3, 0.4) is 0 Å². The molecule has 0 spiro atoms. The molecule has 1 aromatic rings. The van der Waals surface area contributed by atoms with Crippen molar-refractivity contribution in [3.8, 4) is 5.75 Å². The number of rotatable bonds is 3. The molecule has 4 nitrogen and oxygen atoms in total. The highest BCUT2D eigenvalue weighted by atomic mass is 16.5. The minimum atomic E-state index is 0.0116. The van der Waals surface area contributed by atoms with Crippen LogP contribution in [0.1, 0.15) is 33.1 Å². The number of carbonyl (C=O) groups excluding carboxylic acids is 1. The van der Waals surface area contributed by atoms with Crippen molar-refractivity contribution < 1.29 is 9.53 Å². The highest BCUT2D eigenvalue weighted by Crippen LogP contribution is 2.33. The Bertz CT molecular complexity index is 532. The summed E-state index contributed by atoms with van der Waals surface area (Å²) >= 11 is 0. The molecule has 2 unspecified atom stereocenters. The predicted molar refractivity (Wildman–Crippen MR) is 88.3 cm³/mol. The van der Waals surface area contributed by atoms with Gasteiger partial charge in [0, 0.05) is 19.6 Å². The molecule has 0 saturated carbocycles. The summed E-state index contributed by atoms with van der Waals surface area (Å²) < 4.78 is 5.89. The van der Waals surface area contributed by atoms with E-state index < -0.39 is 0 Å². The van der Waals surface area contributed by atoms with Crippen molar-refractivity contribution >= 4 is 11.6 Å². The number of carbonyl (C=O) groups is 1. The molecule has 2 heterocycles. The first-order chi connectivity index (χ1) is 10.7. The second kappa shape index (κ2) is 6.69. The fraction of sp³-hybridized carbons (Fsp3) is 0.611. The molecule has 0 aliphatic carbocycles. The Hall–Kier alpha value is -1.55. The third-order valence-electron chi connectivity index (χ3n) is 4.88. The molecule has 1 saturated heterocycles. The lowest BCUT2D eigenvalue weighted by molar-refractivity contribution is -0.126. The SMILES string of the molecule is CCC(C)CN1CCN2C(=O)C1CCCOc1ccccc12. The number of fused-ring (bicyclic) bond motifs is 4. The van der Waals surface area contributed by atoms with Gasteiger partial charge in [-0.1, -0.05) is 32.4 Å². The highest BCUT2D eigenvalue weighted by molar-refractivity contribution is 5.99. The summed E-state index contributed by atoms with van der Waals surface area (Å²) in [6, 6.07) is 7.93. The topological polar surface area (TPSA) is 32.8 Å². The summed E-state index contributed by atoms with van der Waals surface area (Å²) in [6.07, 6.45) is 2.97. The second-order valence-corrected chi connectivity index (χ2v) is 6.47. The number of piperazine rings is 1. The van der Waals surface area contributed by atoms with Gasteiger partial charge in [-0.15, -0.1) is 0 Å². The van der Waals surface area contributed by atoms with Crippen molar-refractivity contribution in [3.05, 3.63) is 24.3 Å². The number of anilines is 1. The zero-order valence-electron chi connectivity index (χ0n) is 13.6. The van der Waals surface area contributed by atoms with Crippen LogP contribution in [0.5, 0.6) is 5.75 Å². The van der Waals surface area contributed by atoms with Gasteiger partial charge in [-0.3, -0.25) is 9.69 Å². The number of nitrogens with zero attached hydrogens (tertiary/aromatic N) is 2. The van der Waals surface area contributed by atoms with E-state index in [-0.39, 0.29) is 11.9 Å². The Morgan fingerprint density at radius 2 is 2.14 bits per heavy atom. The molecule has 0 N–H and O–H groups in total. The number of benzene rings is 1. The van der Waals surface area contributed by atoms with Gasteiger partial charge in [0.15, 0.2) is 0 Å². The van der Waals surface area contributed by atoms with E-state index in [1.54, 1.807) is 0 Å². The lowest BCUT2D eigenvalue weighted by Gasteiger charge is -2.41. The van der Waals surface area contributed by atoms with Crippen LogP contribution in [0.25, 0.3) is 0 Å². The average Bonchev–Trinajstić information content (AvgIpc) is 2.57.